The van der Waals surface area contributed by atoms with Crippen molar-refractivity contribution in [2.75, 3.05) is 13.6 Å². The molecule has 0 radical (unpaired) electrons. The summed E-state index contributed by atoms with van der Waals surface area (Å²) in [4.78, 5) is 30.6. The third-order valence-corrected chi connectivity index (χ3v) is 5.52. The van der Waals surface area contributed by atoms with Crippen LogP contribution in [0.2, 0.25) is 0 Å². The van der Waals surface area contributed by atoms with Gasteiger partial charge in [-0.2, -0.15) is 0 Å². The Morgan fingerprint density at radius 3 is 2.55 bits per heavy atom. The molecule has 29 heavy (non-hydrogen) atoms. The number of pyridine rings is 1. The summed E-state index contributed by atoms with van der Waals surface area (Å²) in [6, 6.07) is 11.0. The van der Waals surface area contributed by atoms with Crippen LogP contribution in [-0.4, -0.2) is 52.5 Å². The summed E-state index contributed by atoms with van der Waals surface area (Å²) in [6.45, 7) is 1.04. The summed E-state index contributed by atoms with van der Waals surface area (Å²) in [6.07, 6.45) is 5.90. The van der Waals surface area contributed by atoms with E-state index < -0.39 is 0 Å². The van der Waals surface area contributed by atoms with Crippen molar-refractivity contribution in [2.24, 2.45) is 0 Å². The first-order chi connectivity index (χ1) is 14.0. The minimum absolute atomic E-state index is 0.0305. The normalized spacial score (nSPS) is 19.1. The fourth-order valence-electron chi connectivity index (χ4n) is 3.70. The third-order valence-electron chi connectivity index (χ3n) is 5.52. The Bertz CT molecular complexity index is 828. The number of carbonyl (C=O) groups excluding carboxylic acids is 2. The SMILES string of the molecule is CN1[C@@H](CC(=O)NCc2ccncc2)CC[C@H]1CNC(=O)Cc1ccccc1O. The van der Waals surface area contributed by atoms with Crippen molar-refractivity contribution < 1.29 is 14.7 Å². The quantitative estimate of drug-likeness (QED) is 0.630. The van der Waals surface area contributed by atoms with Gasteiger partial charge in [0, 0.05) is 49.6 Å². The van der Waals surface area contributed by atoms with Gasteiger partial charge in [0.1, 0.15) is 5.75 Å². The number of carbonyl (C=O) groups is 2. The number of hydrogen-bond acceptors (Lipinski definition) is 5. The number of rotatable bonds is 8. The molecular formula is C22H28N4O3. The fourth-order valence-corrected chi connectivity index (χ4v) is 3.70. The zero-order valence-electron chi connectivity index (χ0n) is 16.7. The number of benzene rings is 1. The number of hydrogen-bond donors (Lipinski definition) is 3. The topological polar surface area (TPSA) is 94.6 Å². The minimum Gasteiger partial charge on any atom is -0.508 e. The predicted octanol–water partition coefficient (Wildman–Crippen LogP) is 1.62. The second-order valence-corrected chi connectivity index (χ2v) is 7.50. The van der Waals surface area contributed by atoms with Gasteiger partial charge in [-0.25, -0.2) is 0 Å². The highest BCUT2D eigenvalue weighted by atomic mass is 16.3. The first-order valence-electron chi connectivity index (χ1n) is 9.94. The molecule has 7 heteroatoms. The lowest BCUT2D eigenvalue weighted by Gasteiger charge is -2.25. The molecule has 1 aromatic carbocycles. The van der Waals surface area contributed by atoms with Crippen LogP contribution in [0.25, 0.3) is 0 Å². The zero-order chi connectivity index (χ0) is 20.6. The smallest absolute Gasteiger partial charge is 0.224 e. The number of aromatic nitrogens is 1. The van der Waals surface area contributed by atoms with Gasteiger partial charge in [0.2, 0.25) is 11.8 Å². The number of para-hydroxylation sites is 1. The summed E-state index contributed by atoms with van der Waals surface area (Å²) < 4.78 is 0. The average Bonchev–Trinajstić information content (AvgIpc) is 3.07. The summed E-state index contributed by atoms with van der Waals surface area (Å²) in [5, 5.41) is 15.7. The number of aromatic hydroxyl groups is 1. The van der Waals surface area contributed by atoms with E-state index in [1.165, 1.54) is 0 Å². The molecule has 154 valence electrons. The molecule has 1 aliphatic rings. The number of likely N-dealkylation sites (tertiary alicyclic amines) is 1. The van der Waals surface area contributed by atoms with Crippen LogP contribution in [0.15, 0.2) is 48.8 Å². The Hall–Kier alpha value is -2.93. The number of phenolic OH excluding ortho intramolecular Hbond substituents is 1. The van der Waals surface area contributed by atoms with E-state index in [1.807, 2.05) is 19.2 Å². The molecule has 2 heterocycles. The maximum atomic E-state index is 12.3. The summed E-state index contributed by atoms with van der Waals surface area (Å²) in [7, 11) is 2.01. The standard InChI is InChI=1S/C22H28N4O3/c1-26-18(13-22(29)24-14-16-8-10-23-11-9-16)6-7-19(26)15-25-21(28)12-17-4-2-3-5-20(17)27/h2-5,8-11,18-19,27H,6-7,12-15H2,1H3,(H,24,29)(H,25,28)/t18-,19+/m1/s1. The molecule has 2 amide bonds. The van der Waals surface area contributed by atoms with Crippen LogP contribution in [0.3, 0.4) is 0 Å². The molecule has 0 aliphatic carbocycles. The Labute approximate surface area is 171 Å². The maximum Gasteiger partial charge on any atom is 0.224 e. The highest BCUT2D eigenvalue weighted by Crippen LogP contribution is 2.24. The van der Waals surface area contributed by atoms with Gasteiger partial charge in [0.15, 0.2) is 0 Å². The molecule has 1 aliphatic heterocycles. The fraction of sp³-hybridized carbons (Fsp3) is 0.409. The van der Waals surface area contributed by atoms with Gasteiger partial charge in [0.05, 0.1) is 6.42 Å². The van der Waals surface area contributed by atoms with Gasteiger partial charge in [-0.15, -0.1) is 0 Å². The summed E-state index contributed by atoms with van der Waals surface area (Å²) in [5.41, 5.74) is 1.65. The van der Waals surface area contributed by atoms with Gasteiger partial charge in [-0.05, 0) is 43.7 Å². The molecule has 1 aromatic heterocycles. The van der Waals surface area contributed by atoms with Crippen LogP contribution >= 0.6 is 0 Å². The molecule has 2 atom stereocenters. The van der Waals surface area contributed by atoms with Crippen LogP contribution in [0.5, 0.6) is 5.75 Å². The van der Waals surface area contributed by atoms with E-state index in [-0.39, 0.29) is 36.1 Å². The molecule has 2 aromatic rings. The lowest BCUT2D eigenvalue weighted by atomic mass is 10.1. The van der Waals surface area contributed by atoms with Gasteiger partial charge < -0.3 is 15.7 Å². The molecule has 0 unspecified atom stereocenters. The highest BCUT2D eigenvalue weighted by molar-refractivity contribution is 5.79. The first-order valence-corrected chi connectivity index (χ1v) is 9.94. The molecule has 3 N–H and O–H groups in total. The van der Waals surface area contributed by atoms with E-state index in [2.05, 4.69) is 20.5 Å². The highest BCUT2D eigenvalue weighted by Gasteiger charge is 2.31. The van der Waals surface area contributed by atoms with Crippen LogP contribution in [0.4, 0.5) is 0 Å². The number of nitrogens with one attached hydrogen (secondary N) is 2. The Morgan fingerprint density at radius 2 is 1.79 bits per heavy atom. The van der Waals surface area contributed by atoms with Gasteiger partial charge in [-0.3, -0.25) is 19.5 Å². The molecule has 0 saturated carbocycles. The van der Waals surface area contributed by atoms with Crippen LogP contribution in [-0.2, 0) is 22.6 Å². The van der Waals surface area contributed by atoms with Crippen molar-refractivity contribution in [2.45, 2.75) is 44.3 Å². The second-order valence-electron chi connectivity index (χ2n) is 7.50. The van der Waals surface area contributed by atoms with Crippen molar-refractivity contribution in [3.05, 3.63) is 59.9 Å². The van der Waals surface area contributed by atoms with Crippen molar-refractivity contribution >= 4 is 11.8 Å². The molecular weight excluding hydrogens is 368 g/mol. The Balaban J connectivity index is 1.40. The Kier molecular flexibility index (Phi) is 7.19. The average molecular weight is 396 g/mol. The van der Waals surface area contributed by atoms with Crippen molar-refractivity contribution in [3.63, 3.8) is 0 Å². The summed E-state index contributed by atoms with van der Waals surface area (Å²) in [5.74, 6) is 0.0554. The Morgan fingerprint density at radius 1 is 1.07 bits per heavy atom. The van der Waals surface area contributed by atoms with Crippen LogP contribution < -0.4 is 10.6 Å². The third kappa shape index (κ3) is 6.02. The van der Waals surface area contributed by atoms with Crippen LogP contribution in [0, 0.1) is 0 Å². The summed E-state index contributed by atoms with van der Waals surface area (Å²) >= 11 is 0. The largest absolute Gasteiger partial charge is 0.508 e. The monoisotopic (exact) mass is 396 g/mol. The van der Waals surface area contributed by atoms with Gasteiger partial charge >= 0.3 is 0 Å². The lowest BCUT2D eigenvalue weighted by molar-refractivity contribution is -0.123. The number of likely N-dealkylation sites (N-methyl/N-ethyl adjacent to an activating group) is 1. The minimum atomic E-state index is -0.113. The number of amides is 2. The zero-order valence-corrected chi connectivity index (χ0v) is 16.7. The van der Waals surface area contributed by atoms with E-state index in [0.29, 0.717) is 25.1 Å². The number of nitrogens with zero attached hydrogens (tertiary/aromatic N) is 2. The van der Waals surface area contributed by atoms with E-state index in [0.717, 1.165) is 18.4 Å². The van der Waals surface area contributed by atoms with E-state index in [4.69, 9.17) is 0 Å². The molecule has 3 rings (SSSR count). The van der Waals surface area contributed by atoms with Crippen molar-refractivity contribution in [3.8, 4) is 5.75 Å². The number of phenols is 1. The van der Waals surface area contributed by atoms with Crippen molar-refractivity contribution in [1.29, 1.82) is 0 Å². The maximum absolute atomic E-state index is 12.3. The molecule has 7 nitrogen and oxygen atoms in total. The van der Waals surface area contributed by atoms with Gasteiger partial charge in [-0.1, -0.05) is 18.2 Å². The van der Waals surface area contributed by atoms with Crippen LogP contribution in [0.1, 0.15) is 30.4 Å². The molecule has 0 spiro atoms. The van der Waals surface area contributed by atoms with E-state index in [1.54, 1.807) is 36.7 Å². The first kappa shape index (κ1) is 20.8. The molecule has 0 bridgehead atoms. The second kappa shape index (κ2) is 10.0. The molecule has 1 fully saturated rings. The molecule has 1 saturated heterocycles. The predicted molar refractivity (Wildman–Crippen MR) is 110 cm³/mol. The van der Waals surface area contributed by atoms with Gasteiger partial charge in [0.25, 0.3) is 0 Å². The van der Waals surface area contributed by atoms with E-state index in [9.17, 15) is 14.7 Å². The van der Waals surface area contributed by atoms with Crippen molar-refractivity contribution in [1.82, 2.24) is 20.5 Å². The lowest BCUT2D eigenvalue weighted by Crippen LogP contribution is -2.42. The van der Waals surface area contributed by atoms with E-state index >= 15 is 0 Å².